The first-order valence-electron chi connectivity index (χ1n) is 22.1. The number of aromatic nitrogens is 1. The number of thiazole rings is 1. The molecule has 1 fully saturated rings. The van der Waals surface area contributed by atoms with Gasteiger partial charge in [0.05, 0.1) is 48.7 Å². The number of unbranched alkanes of at least 4 members (excludes halogenated alkanes) is 1. The van der Waals surface area contributed by atoms with Crippen LogP contribution in [0.5, 0.6) is 0 Å². The van der Waals surface area contributed by atoms with Crippen molar-refractivity contribution in [2.45, 2.75) is 136 Å². The topological polar surface area (TPSA) is 145 Å². The molecule has 1 aromatic heterocycles. The number of hydrogen-bond donors (Lipinski definition) is 3. The zero-order chi connectivity index (χ0) is 44.5. The monoisotopic (exact) mass is 856 g/mol. The maximum Gasteiger partial charge on any atom is 0.245 e. The first-order valence-corrected chi connectivity index (χ1v) is 23.0. The quantitative estimate of drug-likeness (QED) is 0.104. The Hall–Kier alpha value is -3.43. The molecule has 0 radical (unpaired) electrons. The summed E-state index contributed by atoms with van der Waals surface area (Å²) in [6, 6.07) is 7.82. The number of likely N-dealkylation sites (tertiary alicyclic amines) is 1. The van der Waals surface area contributed by atoms with E-state index in [0.29, 0.717) is 19.4 Å². The molecule has 3 N–H and O–H groups in total. The maximum atomic E-state index is 14.5. The Labute approximate surface area is 365 Å². The zero-order valence-electron chi connectivity index (χ0n) is 38.6. The standard InChI is InChI=1S/C46H77N7O6S/c1-13-32(6)41(52(10)46(57)39(30(2)3)50-44(56)40(31(4)5)51(9)25-18-17-23-47-8)37(58-11)29-38(54)53-26-19-22-36(53)42(59-12)33(7)43(55)49-35(45-48-24-27-60-45)28-34-20-15-14-16-21-34/h14-16,20-21,24,27,30-33,35-37,39-42,47H,13,17-19,22-23,25-26,28-29H2,1-12H3,(H,49,55)(H,50,56)/t32-,33+,35-,36-,37+,39?,40-,41-,42+/m0/s1. The molecule has 0 spiro atoms. The second-order valence-electron chi connectivity index (χ2n) is 17.4. The molecule has 1 aliphatic heterocycles. The van der Waals surface area contributed by atoms with Gasteiger partial charge in [0.25, 0.3) is 0 Å². The van der Waals surface area contributed by atoms with Gasteiger partial charge >= 0.3 is 0 Å². The Morgan fingerprint density at radius 3 is 2.22 bits per heavy atom. The minimum absolute atomic E-state index is 0.0150. The van der Waals surface area contributed by atoms with Gasteiger partial charge in [0.1, 0.15) is 11.0 Å². The number of methoxy groups -OCH3 is 2. The minimum atomic E-state index is -0.762. The Morgan fingerprint density at radius 2 is 1.65 bits per heavy atom. The number of amides is 4. The molecular formula is C46H77N7O6S. The summed E-state index contributed by atoms with van der Waals surface area (Å²) in [6.07, 6.45) is 5.44. The van der Waals surface area contributed by atoms with Crippen LogP contribution in [0.3, 0.4) is 0 Å². The van der Waals surface area contributed by atoms with Crippen LogP contribution in [-0.2, 0) is 35.1 Å². The molecule has 1 aromatic carbocycles. The van der Waals surface area contributed by atoms with E-state index < -0.39 is 30.2 Å². The van der Waals surface area contributed by atoms with Crippen molar-refractivity contribution in [3.63, 3.8) is 0 Å². The number of carbonyl (C=O) groups excluding carboxylic acids is 4. The van der Waals surface area contributed by atoms with Crippen molar-refractivity contribution in [1.29, 1.82) is 0 Å². The number of nitrogens with zero attached hydrogens (tertiary/aromatic N) is 4. The van der Waals surface area contributed by atoms with E-state index in [1.807, 2.05) is 89.3 Å². The van der Waals surface area contributed by atoms with Crippen LogP contribution < -0.4 is 16.0 Å². The van der Waals surface area contributed by atoms with E-state index in [-0.39, 0.29) is 65.9 Å². The van der Waals surface area contributed by atoms with Gasteiger partial charge in [-0.3, -0.25) is 24.1 Å². The summed E-state index contributed by atoms with van der Waals surface area (Å²) < 4.78 is 12.2. The molecule has 14 heteroatoms. The largest absolute Gasteiger partial charge is 0.379 e. The maximum absolute atomic E-state index is 14.5. The average molecular weight is 856 g/mol. The molecule has 13 nitrogen and oxygen atoms in total. The van der Waals surface area contributed by atoms with Crippen LogP contribution in [0.1, 0.15) is 104 Å². The third-order valence-electron chi connectivity index (χ3n) is 12.4. The van der Waals surface area contributed by atoms with E-state index in [2.05, 4.69) is 39.7 Å². The van der Waals surface area contributed by atoms with Gasteiger partial charge in [0.15, 0.2) is 0 Å². The number of benzene rings is 1. The SMILES string of the molecule is CC[C@H](C)[C@@H]([C@@H](CC(=O)N1CCC[C@H]1[C@H](OC)[C@@H](C)C(=O)N[C@@H](Cc1ccccc1)c1nccs1)OC)N(C)C(=O)C(NC(=O)[C@H](C(C)C)N(C)CCCCNC)C(C)C. The summed E-state index contributed by atoms with van der Waals surface area (Å²) in [5.41, 5.74) is 1.09. The van der Waals surface area contributed by atoms with E-state index in [1.54, 1.807) is 32.4 Å². The lowest BCUT2D eigenvalue weighted by molar-refractivity contribution is -0.148. The Balaban J connectivity index is 1.77. The molecule has 1 unspecified atom stereocenters. The van der Waals surface area contributed by atoms with Crippen LogP contribution in [0, 0.1) is 23.7 Å². The van der Waals surface area contributed by atoms with Crippen LogP contribution in [0.2, 0.25) is 0 Å². The fourth-order valence-corrected chi connectivity index (χ4v) is 9.54. The van der Waals surface area contributed by atoms with Gasteiger partial charge in [0, 0.05) is 39.4 Å². The van der Waals surface area contributed by atoms with Crippen molar-refractivity contribution in [2.75, 3.05) is 55.0 Å². The number of nitrogens with one attached hydrogen (secondary N) is 3. The van der Waals surface area contributed by atoms with Crippen molar-refractivity contribution < 1.29 is 28.7 Å². The second kappa shape index (κ2) is 25.5. The minimum Gasteiger partial charge on any atom is -0.379 e. The Kier molecular flexibility index (Phi) is 21.6. The molecule has 0 saturated carbocycles. The fraction of sp³-hybridized carbons (Fsp3) is 0.717. The highest BCUT2D eigenvalue weighted by Gasteiger charge is 2.43. The van der Waals surface area contributed by atoms with Gasteiger partial charge in [-0.05, 0) is 82.6 Å². The highest BCUT2D eigenvalue weighted by atomic mass is 32.1. The van der Waals surface area contributed by atoms with Crippen molar-refractivity contribution in [2.24, 2.45) is 23.7 Å². The molecule has 338 valence electrons. The lowest BCUT2D eigenvalue weighted by Crippen LogP contribution is -2.60. The van der Waals surface area contributed by atoms with Gasteiger partial charge in [0.2, 0.25) is 23.6 Å². The number of hydrogen-bond acceptors (Lipinski definition) is 10. The highest BCUT2D eigenvalue weighted by molar-refractivity contribution is 7.09. The normalized spacial score (nSPS) is 18.4. The van der Waals surface area contributed by atoms with Crippen LogP contribution in [-0.4, -0.2) is 135 Å². The highest BCUT2D eigenvalue weighted by Crippen LogP contribution is 2.30. The van der Waals surface area contributed by atoms with Crippen LogP contribution in [0.25, 0.3) is 0 Å². The van der Waals surface area contributed by atoms with E-state index in [9.17, 15) is 19.2 Å². The van der Waals surface area contributed by atoms with E-state index >= 15 is 0 Å². The second-order valence-corrected chi connectivity index (χ2v) is 18.3. The molecular weight excluding hydrogens is 779 g/mol. The van der Waals surface area contributed by atoms with Gasteiger partial charge < -0.3 is 35.2 Å². The number of likely N-dealkylation sites (N-methyl/N-ethyl adjacent to an activating group) is 2. The molecule has 4 amide bonds. The Bertz CT molecular complexity index is 1580. The molecule has 9 atom stereocenters. The van der Waals surface area contributed by atoms with Crippen LogP contribution in [0.15, 0.2) is 41.9 Å². The predicted octanol–water partition coefficient (Wildman–Crippen LogP) is 5.56. The summed E-state index contributed by atoms with van der Waals surface area (Å²) in [5.74, 6) is -1.35. The molecule has 0 aliphatic carbocycles. The molecule has 1 saturated heterocycles. The first kappa shape index (κ1) is 50.9. The van der Waals surface area contributed by atoms with Gasteiger partial charge in [-0.2, -0.15) is 0 Å². The molecule has 60 heavy (non-hydrogen) atoms. The Morgan fingerprint density at radius 1 is 0.950 bits per heavy atom. The summed E-state index contributed by atoms with van der Waals surface area (Å²) in [5, 5.41) is 12.3. The van der Waals surface area contributed by atoms with Crippen LogP contribution >= 0.6 is 11.3 Å². The van der Waals surface area contributed by atoms with E-state index in [1.165, 1.54) is 11.3 Å². The van der Waals surface area contributed by atoms with Gasteiger partial charge in [-0.15, -0.1) is 11.3 Å². The van der Waals surface area contributed by atoms with Crippen LogP contribution in [0.4, 0.5) is 0 Å². The van der Waals surface area contributed by atoms with E-state index in [4.69, 9.17) is 9.47 Å². The molecule has 2 aromatic rings. The summed E-state index contributed by atoms with van der Waals surface area (Å²) in [7, 11) is 8.87. The molecule has 3 rings (SSSR count). The number of rotatable bonds is 26. The molecule has 0 bridgehead atoms. The smallest absolute Gasteiger partial charge is 0.245 e. The van der Waals surface area contributed by atoms with Crippen molar-refractivity contribution in [1.82, 2.24) is 35.6 Å². The summed E-state index contributed by atoms with van der Waals surface area (Å²) >= 11 is 1.51. The van der Waals surface area contributed by atoms with Crippen molar-refractivity contribution in [3.8, 4) is 0 Å². The first-order chi connectivity index (χ1) is 28.6. The third kappa shape index (κ3) is 14.1. The predicted molar refractivity (Wildman–Crippen MR) is 240 cm³/mol. The van der Waals surface area contributed by atoms with Gasteiger partial charge in [-0.25, -0.2) is 4.98 Å². The lowest BCUT2D eigenvalue weighted by atomic mass is 9.89. The van der Waals surface area contributed by atoms with E-state index in [0.717, 1.165) is 49.3 Å². The molecule has 2 heterocycles. The summed E-state index contributed by atoms with van der Waals surface area (Å²) in [6.45, 7) is 16.2. The summed E-state index contributed by atoms with van der Waals surface area (Å²) in [4.78, 5) is 67.0. The third-order valence-corrected chi connectivity index (χ3v) is 13.3. The molecule has 1 aliphatic rings. The van der Waals surface area contributed by atoms with Gasteiger partial charge in [-0.1, -0.05) is 85.2 Å². The average Bonchev–Trinajstić information content (AvgIpc) is 3.95. The number of ether oxygens (including phenoxy) is 2. The lowest BCUT2D eigenvalue weighted by Gasteiger charge is -2.41. The zero-order valence-corrected chi connectivity index (χ0v) is 39.4. The fourth-order valence-electron chi connectivity index (χ4n) is 8.85. The number of carbonyl (C=O) groups is 4. The van der Waals surface area contributed by atoms with Crippen molar-refractivity contribution in [3.05, 3.63) is 52.5 Å². The van der Waals surface area contributed by atoms with Crippen molar-refractivity contribution >= 4 is 35.0 Å².